The minimum Gasteiger partial charge on any atom is -0.305 e. The number of halogens is 1. The largest absolute Gasteiger partial charge is 0.305 e. The summed E-state index contributed by atoms with van der Waals surface area (Å²) in [5.74, 6) is 0. The zero-order valence-electron chi connectivity index (χ0n) is 10.8. The summed E-state index contributed by atoms with van der Waals surface area (Å²) in [4.78, 5) is 5.73. The van der Waals surface area contributed by atoms with Gasteiger partial charge in [-0.1, -0.05) is 29.8 Å². The summed E-state index contributed by atoms with van der Waals surface area (Å²) >= 11 is 7.94. The third-order valence-electron chi connectivity index (χ3n) is 2.94. The van der Waals surface area contributed by atoms with Crippen molar-refractivity contribution < 1.29 is 0 Å². The lowest BCUT2D eigenvalue weighted by Crippen LogP contribution is -2.18. The van der Waals surface area contributed by atoms with Crippen molar-refractivity contribution >= 4 is 22.9 Å². The van der Waals surface area contributed by atoms with Gasteiger partial charge in [0, 0.05) is 22.5 Å². The molecule has 18 heavy (non-hydrogen) atoms. The van der Waals surface area contributed by atoms with E-state index in [0.29, 0.717) is 0 Å². The van der Waals surface area contributed by atoms with E-state index in [0.717, 1.165) is 27.8 Å². The number of benzene rings is 1. The van der Waals surface area contributed by atoms with Crippen LogP contribution in [-0.4, -0.2) is 4.98 Å². The highest BCUT2D eigenvalue weighted by Crippen LogP contribution is 2.23. The molecule has 1 unspecified atom stereocenters. The van der Waals surface area contributed by atoms with Gasteiger partial charge in [0.1, 0.15) is 0 Å². The maximum Gasteiger partial charge on any atom is 0.0900 e. The maximum atomic E-state index is 6.19. The first-order chi connectivity index (χ1) is 8.58. The fourth-order valence-corrected chi connectivity index (χ4v) is 3.11. The van der Waals surface area contributed by atoms with Crippen LogP contribution in [0.2, 0.25) is 5.02 Å². The van der Waals surface area contributed by atoms with Crippen LogP contribution < -0.4 is 5.32 Å². The molecule has 1 atom stereocenters. The third kappa shape index (κ3) is 3.10. The van der Waals surface area contributed by atoms with E-state index in [1.54, 1.807) is 11.3 Å². The van der Waals surface area contributed by atoms with Crippen LogP contribution in [0.4, 0.5) is 0 Å². The molecule has 0 saturated heterocycles. The van der Waals surface area contributed by atoms with Gasteiger partial charge in [-0.05, 0) is 32.4 Å². The van der Waals surface area contributed by atoms with Gasteiger partial charge in [0.05, 0.1) is 10.7 Å². The van der Waals surface area contributed by atoms with Crippen molar-refractivity contribution in [3.8, 4) is 0 Å². The van der Waals surface area contributed by atoms with E-state index in [1.807, 2.05) is 25.1 Å². The number of rotatable bonds is 4. The molecule has 96 valence electrons. The summed E-state index contributed by atoms with van der Waals surface area (Å²) in [6.45, 7) is 7.06. The average molecular weight is 281 g/mol. The Morgan fingerprint density at radius 3 is 2.67 bits per heavy atom. The summed E-state index contributed by atoms with van der Waals surface area (Å²) < 4.78 is 0. The quantitative estimate of drug-likeness (QED) is 0.905. The Bertz CT molecular complexity index is 536. The minimum absolute atomic E-state index is 0.237. The van der Waals surface area contributed by atoms with Gasteiger partial charge in [-0.3, -0.25) is 0 Å². The van der Waals surface area contributed by atoms with E-state index in [-0.39, 0.29) is 6.04 Å². The number of aromatic nitrogens is 1. The number of thiazole rings is 1. The Hall–Kier alpha value is -0.900. The van der Waals surface area contributed by atoms with E-state index in [2.05, 4.69) is 30.2 Å². The Labute approximate surface area is 117 Å². The first-order valence-electron chi connectivity index (χ1n) is 5.98. The summed E-state index contributed by atoms with van der Waals surface area (Å²) in [6.07, 6.45) is 0. The first kappa shape index (κ1) is 13.5. The van der Waals surface area contributed by atoms with E-state index >= 15 is 0 Å². The van der Waals surface area contributed by atoms with Crippen LogP contribution in [0.5, 0.6) is 0 Å². The van der Waals surface area contributed by atoms with Crippen LogP contribution in [0.1, 0.15) is 34.1 Å². The van der Waals surface area contributed by atoms with E-state index in [9.17, 15) is 0 Å². The molecule has 0 fully saturated rings. The molecule has 1 aromatic carbocycles. The van der Waals surface area contributed by atoms with Gasteiger partial charge in [-0.15, -0.1) is 11.3 Å². The van der Waals surface area contributed by atoms with Crippen molar-refractivity contribution in [3.63, 3.8) is 0 Å². The molecule has 1 heterocycles. The second-order valence-corrected chi connectivity index (χ2v) is 6.06. The molecule has 0 spiro atoms. The second-order valence-electron chi connectivity index (χ2n) is 4.37. The third-order valence-corrected chi connectivity index (χ3v) is 4.36. The summed E-state index contributed by atoms with van der Waals surface area (Å²) in [7, 11) is 0. The van der Waals surface area contributed by atoms with Gasteiger partial charge in [0.15, 0.2) is 0 Å². The smallest absolute Gasteiger partial charge is 0.0900 e. The maximum absolute atomic E-state index is 6.19. The lowest BCUT2D eigenvalue weighted by atomic mass is 10.1. The predicted molar refractivity (Wildman–Crippen MR) is 78.3 cm³/mol. The van der Waals surface area contributed by atoms with Crippen LogP contribution >= 0.6 is 22.9 Å². The lowest BCUT2D eigenvalue weighted by Gasteiger charge is -2.15. The Morgan fingerprint density at radius 2 is 2.06 bits per heavy atom. The molecule has 0 aliphatic carbocycles. The van der Waals surface area contributed by atoms with Gasteiger partial charge in [0.25, 0.3) is 0 Å². The van der Waals surface area contributed by atoms with E-state index < -0.39 is 0 Å². The number of aryl methyl sites for hydroxylation is 2. The van der Waals surface area contributed by atoms with Crippen LogP contribution in [0, 0.1) is 13.8 Å². The second kappa shape index (κ2) is 5.83. The number of nitrogens with zero attached hydrogens (tertiary/aromatic N) is 1. The van der Waals surface area contributed by atoms with Gasteiger partial charge in [-0.25, -0.2) is 4.98 Å². The monoisotopic (exact) mass is 280 g/mol. The van der Waals surface area contributed by atoms with Gasteiger partial charge < -0.3 is 5.32 Å². The minimum atomic E-state index is 0.237. The summed E-state index contributed by atoms with van der Waals surface area (Å²) in [5.41, 5.74) is 2.26. The topological polar surface area (TPSA) is 24.9 Å². The van der Waals surface area contributed by atoms with Crippen molar-refractivity contribution in [2.75, 3.05) is 0 Å². The number of hydrogen-bond donors (Lipinski definition) is 1. The SMILES string of the molecule is Cc1nc(C)c(CNC(C)c2ccccc2Cl)s1. The molecule has 0 aliphatic heterocycles. The highest BCUT2D eigenvalue weighted by molar-refractivity contribution is 7.11. The van der Waals surface area contributed by atoms with Gasteiger partial charge in [-0.2, -0.15) is 0 Å². The molecule has 0 bridgehead atoms. The fourth-order valence-electron chi connectivity index (χ4n) is 1.92. The standard InChI is InChI=1S/C14H17ClN2S/c1-9(12-6-4-5-7-13(12)15)16-8-14-10(2)17-11(3)18-14/h4-7,9,16H,8H2,1-3H3. The summed E-state index contributed by atoms with van der Waals surface area (Å²) in [5, 5.41) is 5.43. The van der Waals surface area contributed by atoms with Gasteiger partial charge in [0.2, 0.25) is 0 Å². The highest BCUT2D eigenvalue weighted by atomic mass is 35.5. The van der Waals surface area contributed by atoms with Crippen LogP contribution in [0.15, 0.2) is 24.3 Å². The zero-order chi connectivity index (χ0) is 13.1. The Morgan fingerprint density at radius 1 is 1.33 bits per heavy atom. The number of nitrogens with one attached hydrogen (secondary N) is 1. The Balaban J connectivity index is 2.03. The Kier molecular flexibility index (Phi) is 4.38. The molecule has 0 radical (unpaired) electrons. The molecule has 2 rings (SSSR count). The summed E-state index contributed by atoms with van der Waals surface area (Å²) in [6, 6.07) is 8.19. The molecule has 1 aromatic heterocycles. The number of hydrogen-bond acceptors (Lipinski definition) is 3. The van der Waals surface area contributed by atoms with Crippen molar-refractivity contribution in [2.45, 2.75) is 33.4 Å². The van der Waals surface area contributed by atoms with Gasteiger partial charge >= 0.3 is 0 Å². The fraction of sp³-hybridized carbons (Fsp3) is 0.357. The molecule has 4 heteroatoms. The van der Waals surface area contributed by atoms with Crippen molar-refractivity contribution in [1.29, 1.82) is 0 Å². The molecule has 1 N–H and O–H groups in total. The van der Waals surface area contributed by atoms with Crippen LogP contribution in [0.3, 0.4) is 0 Å². The first-order valence-corrected chi connectivity index (χ1v) is 7.18. The molecule has 0 amide bonds. The lowest BCUT2D eigenvalue weighted by molar-refractivity contribution is 0.577. The average Bonchev–Trinajstić information content (AvgIpc) is 2.65. The molecule has 2 nitrogen and oxygen atoms in total. The zero-order valence-corrected chi connectivity index (χ0v) is 12.4. The molecular formula is C14H17ClN2S. The molecule has 0 aliphatic rings. The molecular weight excluding hydrogens is 264 g/mol. The van der Waals surface area contributed by atoms with E-state index in [4.69, 9.17) is 11.6 Å². The molecule has 0 saturated carbocycles. The predicted octanol–water partition coefficient (Wildman–Crippen LogP) is 4.26. The van der Waals surface area contributed by atoms with Crippen molar-refractivity contribution in [1.82, 2.24) is 10.3 Å². The highest BCUT2D eigenvalue weighted by Gasteiger charge is 2.10. The van der Waals surface area contributed by atoms with E-state index in [1.165, 1.54) is 4.88 Å². The van der Waals surface area contributed by atoms with Crippen LogP contribution in [0.25, 0.3) is 0 Å². The normalized spacial score (nSPS) is 12.7. The molecule has 2 aromatic rings. The van der Waals surface area contributed by atoms with Crippen LogP contribution in [-0.2, 0) is 6.54 Å². The van der Waals surface area contributed by atoms with Crippen molar-refractivity contribution in [3.05, 3.63) is 50.4 Å². The van der Waals surface area contributed by atoms with Crippen molar-refractivity contribution in [2.24, 2.45) is 0 Å².